The van der Waals surface area contributed by atoms with Gasteiger partial charge in [0.2, 0.25) is 5.91 Å². The zero-order valence-electron chi connectivity index (χ0n) is 15.8. The van der Waals surface area contributed by atoms with Crippen molar-refractivity contribution in [2.24, 2.45) is 11.1 Å². The lowest BCUT2D eigenvalue weighted by Crippen LogP contribution is -2.50. The lowest BCUT2D eigenvalue weighted by Gasteiger charge is -2.39. The Labute approximate surface area is 159 Å². The van der Waals surface area contributed by atoms with Crippen LogP contribution < -0.4 is 11.1 Å². The van der Waals surface area contributed by atoms with Gasteiger partial charge in [0.05, 0.1) is 13.7 Å². The number of anilines is 1. The molecule has 0 aliphatic carbocycles. The van der Waals surface area contributed by atoms with Crippen molar-refractivity contribution in [1.82, 2.24) is 4.90 Å². The third-order valence-electron chi connectivity index (χ3n) is 4.95. The van der Waals surface area contributed by atoms with Crippen LogP contribution in [0.4, 0.5) is 10.5 Å². The van der Waals surface area contributed by atoms with Crippen molar-refractivity contribution in [1.29, 1.82) is 0 Å². The summed E-state index contributed by atoms with van der Waals surface area (Å²) in [6.07, 6.45) is 0.979. The Morgan fingerprint density at radius 2 is 1.81 bits per heavy atom. The van der Waals surface area contributed by atoms with Gasteiger partial charge < -0.3 is 20.1 Å². The van der Waals surface area contributed by atoms with Gasteiger partial charge in [0.25, 0.3) is 0 Å². The molecule has 0 atom stereocenters. The van der Waals surface area contributed by atoms with Crippen LogP contribution in [0, 0.1) is 5.41 Å². The first-order valence-corrected chi connectivity index (χ1v) is 9.03. The number of carbonyl (C=O) groups excluding carboxylic acids is 3. The minimum absolute atomic E-state index is 0.0685. The van der Waals surface area contributed by atoms with E-state index in [-0.39, 0.29) is 19.1 Å². The second kappa shape index (κ2) is 9.36. The molecule has 8 heteroatoms. The number of amides is 2. The van der Waals surface area contributed by atoms with Crippen molar-refractivity contribution in [3.8, 4) is 0 Å². The van der Waals surface area contributed by atoms with Crippen LogP contribution in [-0.4, -0.2) is 56.2 Å². The van der Waals surface area contributed by atoms with Crippen LogP contribution in [0.5, 0.6) is 0 Å². The molecule has 0 unspecified atom stereocenters. The summed E-state index contributed by atoms with van der Waals surface area (Å²) < 4.78 is 10.2. The summed E-state index contributed by atoms with van der Waals surface area (Å²) in [5.41, 5.74) is 6.21. The molecule has 1 aromatic rings. The molecule has 0 radical (unpaired) electrons. The highest BCUT2D eigenvalue weighted by Crippen LogP contribution is 2.33. The van der Waals surface area contributed by atoms with Crippen molar-refractivity contribution < 1.29 is 23.9 Å². The molecule has 2 rings (SSSR count). The molecule has 27 heavy (non-hydrogen) atoms. The third-order valence-corrected chi connectivity index (χ3v) is 4.95. The molecule has 1 fully saturated rings. The molecule has 0 saturated carbocycles. The number of likely N-dealkylation sites (tertiary alicyclic amines) is 1. The van der Waals surface area contributed by atoms with Crippen LogP contribution in [-0.2, 0) is 25.5 Å². The quantitative estimate of drug-likeness (QED) is 0.728. The van der Waals surface area contributed by atoms with E-state index >= 15 is 0 Å². The Morgan fingerprint density at radius 3 is 2.33 bits per heavy atom. The van der Waals surface area contributed by atoms with E-state index in [0.717, 1.165) is 12.0 Å². The number of hydrogen-bond acceptors (Lipinski definition) is 6. The second-order valence-electron chi connectivity index (χ2n) is 6.61. The third kappa shape index (κ3) is 5.19. The summed E-state index contributed by atoms with van der Waals surface area (Å²) in [4.78, 5) is 37.8. The van der Waals surface area contributed by atoms with Crippen LogP contribution in [0.2, 0.25) is 0 Å². The van der Waals surface area contributed by atoms with E-state index in [1.165, 1.54) is 7.11 Å². The summed E-state index contributed by atoms with van der Waals surface area (Å²) >= 11 is 0. The van der Waals surface area contributed by atoms with Gasteiger partial charge in [-0.25, -0.2) is 4.79 Å². The average molecular weight is 377 g/mol. The number of rotatable bonds is 6. The van der Waals surface area contributed by atoms with E-state index in [1.54, 1.807) is 17.0 Å². The van der Waals surface area contributed by atoms with E-state index in [9.17, 15) is 14.4 Å². The number of esters is 1. The van der Waals surface area contributed by atoms with Crippen molar-refractivity contribution in [2.45, 2.75) is 26.2 Å². The SMILES string of the molecule is CCc1ccc(NC(=O)OCC2(C(=O)OC)CCN(C(=O)CN)CC2)cc1. The fourth-order valence-corrected chi connectivity index (χ4v) is 3.12. The van der Waals surface area contributed by atoms with Crippen LogP contribution in [0.1, 0.15) is 25.3 Å². The number of nitrogens with one attached hydrogen (secondary N) is 1. The smallest absolute Gasteiger partial charge is 0.411 e. The summed E-state index contributed by atoms with van der Waals surface area (Å²) in [6.45, 7) is 2.61. The number of carbonyl (C=O) groups is 3. The van der Waals surface area contributed by atoms with Crippen molar-refractivity contribution in [3.05, 3.63) is 29.8 Å². The fourth-order valence-electron chi connectivity index (χ4n) is 3.12. The molecule has 8 nitrogen and oxygen atoms in total. The van der Waals surface area contributed by atoms with Crippen molar-refractivity contribution in [3.63, 3.8) is 0 Å². The topological polar surface area (TPSA) is 111 Å². The van der Waals surface area contributed by atoms with Gasteiger partial charge >= 0.3 is 12.1 Å². The Kier molecular flexibility index (Phi) is 7.18. The van der Waals surface area contributed by atoms with Gasteiger partial charge in [-0.3, -0.25) is 14.9 Å². The van der Waals surface area contributed by atoms with Gasteiger partial charge in [-0.2, -0.15) is 0 Å². The number of aryl methyl sites for hydroxylation is 1. The monoisotopic (exact) mass is 377 g/mol. The first kappa shape index (κ1) is 20.7. The van der Waals surface area contributed by atoms with Gasteiger partial charge in [0.1, 0.15) is 12.0 Å². The minimum atomic E-state index is -0.955. The van der Waals surface area contributed by atoms with Gasteiger partial charge in [-0.1, -0.05) is 19.1 Å². The van der Waals surface area contributed by atoms with Gasteiger partial charge in [0, 0.05) is 18.8 Å². The molecular formula is C19H27N3O5. The number of methoxy groups -OCH3 is 1. The first-order chi connectivity index (χ1) is 12.9. The van der Waals surface area contributed by atoms with Gasteiger partial charge in [-0.15, -0.1) is 0 Å². The maximum absolute atomic E-state index is 12.3. The molecule has 1 saturated heterocycles. The standard InChI is InChI=1S/C19H27N3O5/c1-3-14-4-6-15(7-5-14)21-18(25)27-13-19(17(24)26-2)8-10-22(11-9-19)16(23)12-20/h4-7H,3,8-13,20H2,1-2H3,(H,21,25). The molecule has 148 valence electrons. The molecule has 2 amide bonds. The minimum Gasteiger partial charge on any atom is -0.468 e. The highest BCUT2D eigenvalue weighted by molar-refractivity contribution is 5.85. The number of piperidine rings is 1. The highest BCUT2D eigenvalue weighted by atomic mass is 16.6. The van der Waals surface area contributed by atoms with E-state index in [1.807, 2.05) is 12.1 Å². The predicted octanol–water partition coefficient (Wildman–Crippen LogP) is 1.54. The van der Waals surface area contributed by atoms with Crippen molar-refractivity contribution >= 4 is 23.7 Å². The Morgan fingerprint density at radius 1 is 1.19 bits per heavy atom. The van der Waals surface area contributed by atoms with E-state index < -0.39 is 17.5 Å². The molecule has 0 spiro atoms. The van der Waals surface area contributed by atoms with Crippen LogP contribution in [0.15, 0.2) is 24.3 Å². The van der Waals surface area contributed by atoms with E-state index in [4.69, 9.17) is 15.2 Å². The Bertz CT molecular complexity index is 666. The lowest BCUT2D eigenvalue weighted by atomic mass is 9.79. The number of hydrogen-bond donors (Lipinski definition) is 2. The van der Waals surface area contributed by atoms with Crippen molar-refractivity contribution in [2.75, 3.05) is 38.7 Å². The second-order valence-corrected chi connectivity index (χ2v) is 6.61. The fraction of sp³-hybridized carbons (Fsp3) is 0.526. The van der Waals surface area contributed by atoms with Gasteiger partial charge in [0.15, 0.2) is 0 Å². The maximum atomic E-state index is 12.3. The van der Waals surface area contributed by atoms with E-state index in [0.29, 0.717) is 31.6 Å². The summed E-state index contributed by atoms with van der Waals surface area (Å²) in [5.74, 6) is -0.606. The average Bonchev–Trinajstić information content (AvgIpc) is 2.72. The predicted molar refractivity (Wildman–Crippen MR) is 100 cm³/mol. The summed E-state index contributed by atoms with van der Waals surface area (Å²) in [5, 5.41) is 2.65. The van der Waals surface area contributed by atoms with Gasteiger partial charge in [-0.05, 0) is 37.0 Å². The molecule has 0 aromatic heterocycles. The number of benzene rings is 1. The maximum Gasteiger partial charge on any atom is 0.411 e. The van der Waals surface area contributed by atoms with E-state index in [2.05, 4.69) is 12.2 Å². The molecular weight excluding hydrogens is 350 g/mol. The van der Waals surface area contributed by atoms with Crippen LogP contribution in [0.3, 0.4) is 0 Å². The summed E-state index contributed by atoms with van der Waals surface area (Å²) in [7, 11) is 1.30. The number of nitrogens with zero attached hydrogens (tertiary/aromatic N) is 1. The highest BCUT2D eigenvalue weighted by Gasteiger charge is 2.44. The van der Waals surface area contributed by atoms with Crippen LogP contribution in [0.25, 0.3) is 0 Å². The molecule has 3 N–H and O–H groups in total. The first-order valence-electron chi connectivity index (χ1n) is 9.03. The molecule has 0 bridgehead atoms. The molecule has 1 aliphatic heterocycles. The number of ether oxygens (including phenoxy) is 2. The normalized spacial score (nSPS) is 15.7. The zero-order valence-corrected chi connectivity index (χ0v) is 15.8. The largest absolute Gasteiger partial charge is 0.468 e. The molecule has 1 aliphatic rings. The van der Waals surface area contributed by atoms with Crippen LogP contribution >= 0.6 is 0 Å². The summed E-state index contributed by atoms with van der Waals surface area (Å²) in [6, 6.07) is 7.45. The Hall–Kier alpha value is -2.61. The molecule has 1 heterocycles. The number of nitrogens with two attached hydrogens (primary N) is 1. The Balaban J connectivity index is 1.95. The lowest BCUT2D eigenvalue weighted by molar-refractivity contribution is -0.160. The zero-order chi connectivity index (χ0) is 19.9. The molecule has 1 aromatic carbocycles.